The van der Waals surface area contributed by atoms with Crippen molar-refractivity contribution in [3.8, 4) is 11.5 Å². The number of benzene rings is 1. The van der Waals surface area contributed by atoms with Crippen molar-refractivity contribution < 1.29 is 32.2 Å². The van der Waals surface area contributed by atoms with Gasteiger partial charge in [0, 0.05) is 12.6 Å². The van der Waals surface area contributed by atoms with Crippen molar-refractivity contribution in [1.82, 2.24) is 4.90 Å². The van der Waals surface area contributed by atoms with E-state index in [-0.39, 0.29) is 34.9 Å². The molecule has 1 unspecified atom stereocenters. The van der Waals surface area contributed by atoms with Crippen LogP contribution in [0.3, 0.4) is 0 Å². The van der Waals surface area contributed by atoms with Gasteiger partial charge in [0.2, 0.25) is 0 Å². The molecule has 1 atom stereocenters. The minimum atomic E-state index is -3.12. The molecular formula is C19H25NO7S. The molecule has 1 fully saturated rings. The second-order valence-electron chi connectivity index (χ2n) is 7.43. The summed E-state index contributed by atoms with van der Waals surface area (Å²) in [6.45, 7) is 4.74. The van der Waals surface area contributed by atoms with Crippen LogP contribution in [-0.4, -0.2) is 69.1 Å². The number of rotatable bonds is 6. The summed E-state index contributed by atoms with van der Waals surface area (Å²) in [5.74, 6) is 0.198. The van der Waals surface area contributed by atoms with Gasteiger partial charge in [-0.3, -0.25) is 4.79 Å². The lowest BCUT2D eigenvalue weighted by atomic mass is 10.1. The van der Waals surface area contributed by atoms with Gasteiger partial charge in [0.15, 0.2) is 27.9 Å². The Morgan fingerprint density at radius 1 is 1.21 bits per heavy atom. The molecule has 0 bridgehead atoms. The van der Waals surface area contributed by atoms with E-state index in [1.807, 2.05) is 13.8 Å². The number of ether oxygens (including phenoxy) is 3. The van der Waals surface area contributed by atoms with Crippen molar-refractivity contribution in [3.63, 3.8) is 0 Å². The molecule has 0 aromatic heterocycles. The van der Waals surface area contributed by atoms with Gasteiger partial charge in [-0.15, -0.1) is 0 Å². The first kappa shape index (κ1) is 20.4. The van der Waals surface area contributed by atoms with Crippen molar-refractivity contribution >= 4 is 21.7 Å². The smallest absolute Gasteiger partial charge is 0.338 e. The van der Waals surface area contributed by atoms with Crippen LogP contribution in [-0.2, 0) is 19.4 Å². The summed E-state index contributed by atoms with van der Waals surface area (Å²) in [6.07, 6.45) is 0.414. The third kappa shape index (κ3) is 4.95. The number of carbonyl (C=O) groups is 2. The number of hydrogen-bond acceptors (Lipinski definition) is 7. The van der Waals surface area contributed by atoms with E-state index in [9.17, 15) is 18.0 Å². The molecule has 8 nitrogen and oxygen atoms in total. The van der Waals surface area contributed by atoms with Gasteiger partial charge in [-0.25, -0.2) is 13.2 Å². The Hall–Kier alpha value is -2.29. The molecule has 2 heterocycles. The summed E-state index contributed by atoms with van der Waals surface area (Å²) in [5.41, 5.74) is 0.260. The Labute approximate surface area is 164 Å². The van der Waals surface area contributed by atoms with Gasteiger partial charge in [-0.2, -0.15) is 0 Å². The molecule has 154 valence electrons. The number of hydrogen-bond donors (Lipinski definition) is 0. The van der Waals surface area contributed by atoms with Crippen LogP contribution >= 0.6 is 0 Å². The fourth-order valence-corrected chi connectivity index (χ4v) is 5.06. The van der Waals surface area contributed by atoms with Gasteiger partial charge < -0.3 is 19.1 Å². The summed E-state index contributed by atoms with van der Waals surface area (Å²) in [7, 11) is -3.12. The highest BCUT2D eigenvalue weighted by atomic mass is 32.2. The summed E-state index contributed by atoms with van der Waals surface area (Å²) in [4.78, 5) is 26.5. The SMILES string of the molecule is CC(C)CN(C(=O)COC(=O)c1ccc2c(c1)OCCO2)C1CCS(=O)(=O)C1. The minimum Gasteiger partial charge on any atom is -0.486 e. The van der Waals surface area contributed by atoms with Gasteiger partial charge in [0.1, 0.15) is 13.2 Å². The summed E-state index contributed by atoms with van der Waals surface area (Å²) < 4.78 is 39.6. The highest BCUT2D eigenvalue weighted by molar-refractivity contribution is 7.91. The van der Waals surface area contributed by atoms with Gasteiger partial charge in [-0.1, -0.05) is 13.8 Å². The van der Waals surface area contributed by atoms with Crippen LogP contribution in [0.15, 0.2) is 18.2 Å². The quantitative estimate of drug-likeness (QED) is 0.650. The molecule has 0 saturated carbocycles. The Bertz CT molecular complexity index is 850. The molecule has 0 radical (unpaired) electrons. The summed E-state index contributed by atoms with van der Waals surface area (Å²) in [5, 5.41) is 0. The van der Waals surface area contributed by atoms with E-state index in [0.29, 0.717) is 37.7 Å². The molecule has 0 aliphatic carbocycles. The van der Waals surface area contributed by atoms with Crippen LogP contribution in [0.4, 0.5) is 0 Å². The summed E-state index contributed by atoms with van der Waals surface area (Å²) >= 11 is 0. The zero-order valence-electron chi connectivity index (χ0n) is 16.0. The number of fused-ring (bicyclic) bond motifs is 1. The monoisotopic (exact) mass is 411 g/mol. The molecule has 2 aliphatic rings. The molecule has 2 aliphatic heterocycles. The van der Waals surface area contributed by atoms with Crippen LogP contribution < -0.4 is 9.47 Å². The first-order valence-corrected chi connectivity index (χ1v) is 11.1. The molecule has 1 saturated heterocycles. The van der Waals surface area contributed by atoms with E-state index in [1.54, 1.807) is 12.1 Å². The number of amides is 1. The van der Waals surface area contributed by atoms with Gasteiger partial charge in [0.05, 0.1) is 17.1 Å². The molecule has 1 aromatic rings. The zero-order valence-corrected chi connectivity index (χ0v) is 16.9. The van der Waals surface area contributed by atoms with Crippen molar-refractivity contribution in [1.29, 1.82) is 0 Å². The maximum Gasteiger partial charge on any atom is 0.338 e. The average molecular weight is 411 g/mol. The van der Waals surface area contributed by atoms with Crippen molar-refractivity contribution in [2.75, 3.05) is 37.9 Å². The Morgan fingerprint density at radius 3 is 2.57 bits per heavy atom. The van der Waals surface area contributed by atoms with Crippen LogP contribution in [0.1, 0.15) is 30.6 Å². The molecule has 0 spiro atoms. The fraction of sp³-hybridized carbons (Fsp3) is 0.579. The van der Waals surface area contributed by atoms with Gasteiger partial charge in [0.25, 0.3) is 5.91 Å². The molecule has 1 aromatic carbocycles. The van der Waals surface area contributed by atoms with Crippen LogP contribution in [0.5, 0.6) is 11.5 Å². The van der Waals surface area contributed by atoms with Crippen molar-refractivity contribution in [2.24, 2.45) is 5.92 Å². The van der Waals surface area contributed by atoms with E-state index < -0.39 is 22.4 Å². The van der Waals surface area contributed by atoms with Crippen molar-refractivity contribution in [3.05, 3.63) is 23.8 Å². The van der Waals surface area contributed by atoms with Crippen molar-refractivity contribution in [2.45, 2.75) is 26.3 Å². The molecule has 9 heteroatoms. The Kier molecular flexibility index (Phi) is 6.12. The number of sulfone groups is 1. The number of esters is 1. The normalized spacial score (nSPS) is 20.0. The third-order valence-corrected chi connectivity index (χ3v) is 6.39. The van der Waals surface area contributed by atoms with E-state index in [0.717, 1.165) is 0 Å². The molecule has 3 rings (SSSR count). The van der Waals surface area contributed by atoms with E-state index in [1.165, 1.54) is 11.0 Å². The Balaban J connectivity index is 1.62. The average Bonchev–Trinajstić information content (AvgIpc) is 3.02. The van der Waals surface area contributed by atoms with E-state index in [4.69, 9.17) is 14.2 Å². The van der Waals surface area contributed by atoms with Crippen LogP contribution in [0.2, 0.25) is 0 Å². The molecule has 0 N–H and O–H groups in total. The second kappa shape index (κ2) is 8.38. The van der Waals surface area contributed by atoms with Gasteiger partial charge in [-0.05, 0) is 30.5 Å². The first-order chi connectivity index (χ1) is 13.2. The standard InChI is InChI=1S/C19H25NO7S/c1-13(2)10-20(15-5-8-28(23,24)12-15)18(21)11-27-19(22)14-3-4-16-17(9-14)26-7-6-25-16/h3-4,9,13,15H,5-8,10-12H2,1-2H3. The predicted molar refractivity (Wildman–Crippen MR) is 101 cm³/mol. The summed E-state index contributed by atoms with van der Waals surface area (Å²) in [6, 6.07) is 4.33. The second-order valence-corrected chi connectivity index (χ2v) is 9.66. The fourth-order valence-electron chi connectivity index (χ4n) is 3.33. The molecular weight excluding hydrogens is 386 g/mol. The molecule has 1 amide bonds. The first-order valence-electron chi connectivity index (χ1n) is 9.32. The number of nitrogens with zero attached hydrogens (tertiary/aromatic N) is 1. The largest absolute Gasteiger partial charge is 0.486 e. The van der Waals surface area contributed by atoms with E-state index >= 15 is 0 Å². The zero-order chi connectivity index (χ0) is 20.3. The lowest BCUT2D eigenvalue weighted by molar-refractivity contribution is -0.137. The molecule has 28 heavy (non-hydrogen) atoms. The highest BCUT2D eigenvalue weighted by Gasteiger charge is 2.35. The van der Waals surface area contributed by atoms with E-state index in [2.05, 4.69) is 0 Å². The third-order valence-electron chi connectivity index (χ3n) is 4.64. The lowest BCUT2D eigenvalue weighted by Crippen LogP contribution is -2.45. The number of carbonyl (C=O) groups excluding carboxylic acids is 2. The lowest BCUT2D eigenvalue weighted by Gasteiger charge is -2.29. The van der Waals surface area contributed by atoms with Gasteiger partial charge >= 0.3 is 5.97 Å². The highest BCUT2D eigenvalue weighted by Crippen LogP contribution is 2.31. The van der Waals surface area contributed by atoms with Crippen LogP contribution in [0.25, 0.3) is 0 Å². The Morgan fingerprint density at radius 2 is 1.93 bits per heavy atom. The minimum absolute atomic E-state index is 0.0401. The maximum absolute atomic E-state index is 12.7. The maximum atomic E-state index is 12.7. The predicted octanol–water partition coefficient (Wildman–Crippen LogP) is 1.29. The van der Waals surface area contributed by atoms with Crippen LogP contribution in [0, 0.1) is 5.92 Å². The topological polar surface area (TPSA) is 99.2 Å².